The van der Waals surface area contributed by atoms with Crippen LogP contribution in [0.4, 0.5) is 36.8 Å². The van der Waals surface area contributed by atoms with E-state index in [1.165, 1.54) is 0 Å². The van der Waals surface area contributed by atoms with Crippen LogP contribution in [0.1, 0.15) is 5.56 Å². The van der Waals surface area contributed by atoms with Crippen molar-refractivity contribution in [3.63, 3.8) is 0 Å². The molecule has 0 bridgehead atoms. The summed E-state index contributed by atoms with van der Waals surface area (Å²) < 4.78 is 76.9. The normalized spacial score (nSPS) is 12.2. The molecule has 0 spiro atoms. The molecule has 20 heavy (non-hydrogen) atoms. The molecule has 112 valence electrons. The third kappa shape index (κ3) is 5.16. The van der Waals surface area contributed by atoms with Gasteiger partial charge in [-0.3, -0.25) is 5.32 Å². The van der Waals surface area contributed by atoms with Crippen LogP contribution in [0.15, 0.2) is 18.2 Å². The molecule has 1 aromatic carbocycles. The Bertz CT molecular complexity index is 500. The molecule has 0 radical (unpaired) electrons. The van der Waals surface area contributed by atoms with Crippen LogP contribution < -0.4 is 5.32 Å². The molecule has 0 aliphatic carbocycles. The van der Waals surface area contributed by atoms with Crippen LogP contribution in [0.5, 0.6) is 0 Å². The van der Waals surface area contributed by atoms with E-state index in [2.05, 4.69) is 4.74 Å². The highest BCUT2D eigenvalue weighted by Crippen LogP contribution is 2.36. The van der Waals surface area contributed by atoms with Crippen LogP contribution in [0.25, 0.3) is 0 Å². The second-order valence-electron chi connectivity index (χ2n) is 3.50. The molecule has 0 saturated carbocycles. The third-order valence-corrected chi connectivity index (χ3v) is 2.13. The second-order valence-corrected chi connectivity index (χ2v) is 3.94. The molecule has 10 heteroatoms. The van der Waals surface area contributed by atoms with E-state index < -0.39 is 36.3 Å². The number of ether oxygens (including phenoxy) is 1. The van der Waals surface area contributed by atoms with Crippen LogP contribution in [0, 0.1) is 0 Å². The van der Waals surface area contributed by atoms with E-state index in [9.17, 15) is 31.1 Å². The quantitative estimate of drug-likeness (QED) is 0.816. The molecule has 0 fully saturated rings. The zero-order valence-corrected chi connectivity index (χ0v) is 10.2. The topological polar surface area (TPSA) is 38.3 Å². The van der Waals surface area contributed by atoms with Gasteiger partial charge in [0.25, 0.3) is 0 Å². The Morgan fingerprint density at radius 3 is 2.30 bits per heavy atom. The molecule has 3 nitrogen and oxygen atoms in total. The fraction of sp³-hybridized carbons (Fsp3) is 0.300. The van der Waals surface area contributed by atoms with E-state index in [1.54, 1.807) is 5.32 Å². The van der Waals surface area contributed by atoms with Crippen molar-refractivity contribution in [3.05, 3.63) is 28.8 Å². The van der Waals surface area contributed by atoms with Crippen molar-refractivity contribution in [2.45, 2.75) is 12.4 Å². The predicted octanol–water partition coefficient (Wildman–Crippen LogP) is 4.47. The van der Waals surface area contributed by atoms with Gasteiger partial charge in [-0.15, -0.1) is 0 Å². The highest BCUT2D eigenvalue weighted by atomic mass is 35.5. The first kappa shape index (κ1) is 16.4. The number of nitrogens with one attached hydrogen (secondary N) is 1. The number of hydrogen-bond acceptors (Lipinski definition) is 2. The van der Waals surface area contributed by atoms with Gasteiger partial charge in [-0.05, 0) is 18.2 Å². The van der Waals surface area contributed by atoms with Gasteiger partial charge in [-0.1, -0.05) is 11.6 Å². The fourth-order valence-electron chi connectivity index (χ4n) is 1.15. The Kier molecular flexibility index (Phi) is 4.74. The molecule has 1 aromatic rings. The Morgan fingerprint density at radius 2 is 1.80 bits per heavy atom. The highest BCUT2D eigenvalue weighted by molar-refractivity contribution is 6.30. The van der Waals surface area contributed by atoms with Gasteiger partial charge in [0, 0.05) is 5.02 Å². The van der Waals surface area contributed by atoms with E-state index in [4.69, 9.17) is 11.6 Å². The predicted molar refractivity (Wildman–Crippen MR) is 57.5 cm³/mol. The lowest BCUT2D eigenvalue weighted by molar-refractivity contribution is -0.159. The molecular weight excluding hydrogens is 316 g/mol. The lowest BCUT2D eigenvalue weighted by Crippen LogP contribution is -2.24. The molecule has 0 aliphatic heterocycles. The monoisotopic (exact) mass is 321 g/mol. The summed E-state index contributed by atoms with van der Waals surface area (Å²) in [6, 6.07) is 2.37. The van der Waals surface area contributed by atoms with Crippen molar-refractivity contribution < 1.29 is 35.9 Å². The Morgan fingerprint density at radius 1 is 1.20 bits per heavy atom. The first-order chi connectivity index (χ1) is 8.99. The first-order valence-electron chi connectivity index (χ1n) is 4.86. The summed E-state index contributed by atoms with van der Waals surface area (Å²) >= 11 is 5.39. The number of halogens is 7. The average Bonchev–Trinajstić information content (AvgIpc) is 2.26. The smallest absolute Gasteiger partial charge is 0.422 e. The zero-order chi connectivity index (χ0) is 15.6. The van der Waals surface area contributed by atoms with E-state index in [1.807, 2.05) is 0 Å². The molecule has 1 amide bonds. The number of anilines is 1. The van der Waals surface area contributed by atoms with Gasteiger partial charge >= 0.3 is 18.4 Å². The average molecular weight is 322 g/mol. The van der Waals surface area contributed by atoms with Gasteiger partial charge in [0.2, 0.25) is 0 Å². The van der Waals surface area contributed by atoms with E-state index >= 15 is 0 Å². The molecule has 0 unspecified atom stereocenters. The van der Waals surface area contributed by atoms with Crippen molar-refractivity contribution in [1.29, 1.82) is 0 Å². The number of carbonyl (C=O) groups is 1. The third-order valence-electron chi connectivity index (χ3n) is 1.89. The maximum Gasteiger partial charge on any atom is 0.422 e. The Hall–Kier alpha value is -1.64. The van der Waals surface area contributed by atoms with Crippen molar-refractivity contribution in [1.82, 2.24) is 0 Å². The lowest BCUT2D eigenvalue weighted by Gasteiger charge is -2.14. The van der Waals surface area contributed by atoms with Crippen LogP contribution in [0.3, 0.4) is 0 Å². The summed E-state index contributed by atoms with van der Waals surface area (Å²) in [5.41, 5.74) is -2.05. The summed E-state index contributed by atoms with van der Waals surface area (Å²) in [6.45, 7) is -1.91. The number of hydrogen-bond donors (Lipinski definition) is 1. The van der Waals surface area contributed by atoms with Gasteiger partial charge < -0.3 is 4.74 Å². The van der Waals surface area contributed by atoms with E-state index in [0.717, 1.165) is 12.1 Å². The van der Waals surface area contributed by atoms with Crippen LogP contribution in [-0.4, -0.2) is 18.9 Å². The van der Waals surface area contributed by atoms with Crippen molar-refractivity contribution >= 4 is 23.4 Å². The van der Waals surface area contributed by atoms with Gasteiger partial charge in [-0.25, -0.2) is 4.79 Å². The van der Waals surface area contributed by atoms with Gasteiger partial charge in [0.1, 0.15) is 0 Å². The number of rotatable bonds is 2. The molecule has 1 rings (SSSR count). The first-order valence-corrected chi connectivity index (χ1v) is 5.24. The number of carbonyl (C=O) groups excluding carboxylic acids is 1. The maximum atomic E-state index is 12.6. The van der Waals surface area contributed by atoms with Crippen molar-refractivity contribution in [2.75, 3.05) is 11.9 Å². The minimum absolute atomic E-state index is 0.244. The Labute approximate surface area is 113 Å². The summed E-state index contributed by atoms with van der Waals surface area (Å²) in [7, 11) is 0. The van der Waals surface area contributed by atoms with Crippen LogP contribution in [-0.2, 0) is 10.9 Å². The van der Waals surface area contributed by atoms with Crippen LogP contribution >= 0.6 is 11.6 Å². The largest absolute Gasteiger partial charge is 0.440 e. The summed E-state index contributed by atoms with van der Waals surface area (Å²) in [6.07, 6.45) is -11.3. The summed E-state index contributed by atoms with van der Waals surface area (Å²) in [4.78, 5) is 11.0. The standard InChI is InChI=1S/C10H6ClF6NO2/c11-5-1-2-7(6(3-5)10(15,16)17)18-8(19)20-4-9(12,13)14/h1-3H,4H2,(H,18,19). The van der Waals surface area contributed by atoms with E-state index in [0.29, 0.717) is 6.07 Å². The fourth-order valence-corrected chi connectivity index (χ4v) is 1.33. The van der Waals surface area contributed by atoms with Crippen molar-refractivity contribution in [2.24, 2.45) is 0 Å². The lowest BCUT2D eigenvalue weighted by atomic mass is 10.1. The summed E-state index contributed by atoms with van der Waals surface area (Å²) in [5, 5.41) is 1.33. The zero-order valence-electron chi connectivity index (χ0n) is 9.40. The molecule has 0 saturated heterocycles. The molecule has 0 aliphatic rings. The molecule has 0 heterocycles. The van der Waals surface area contributed by atoms with Crippen LogP contribution in [0.2, 0.25) is 5.02 Å². The molecule has 1 N–H and O–H groups in total. The van der Waals surface area contributed by atoms with Gasteiger partial charge in [-0.2, -0.15) is 26.3 Å². The van der Waals surface area contributed by atoms with Gasteiger partial charge in [0.15, 0.2) is 6.61 Å². The molecule has 0 aromatic heterocycles. The van der Waals surface area contributed by atoms with Gasteiger partial charge in [0.05, 0.1) is 11.3 Å². The molecular formula is C10H6ClF6NO2. The molecule has 0 atom stereocenters. The van der Waals surface area contributed by atoms with E-state index in [-0.39, 0.29) is 5.02 Å². The number of amides is 1. The summed E-state index contributed by atoms with van der Waals surface area (Å²) in [5.74, 6) is 0. The Balaban J connectivity index is 2.85. The SMILES string of the molecule is O=C(Nc1ccc(Cl)cc1C(F)(F)F)OCC(F)(F)F. The number of alkyl halides is 6. The maximum absolute atomic E-state index is 12.6. The van der Waals surface area contributed by atoms with Crippen molar-refractivity contribution in [3.8, 4) is 0 Å². The number of benzene rings is 1. The minimum Gasteiger partial charge on any atom is -0.440 e. The second kappa shape index (κ2) is 5.78. The minimum atomic E-state index is -4.84. The highest BCUT2D eigenvalue weighted by Gasteiger charge is 2.35.